The first-order valence-electron chi connectivity index (χ1n) is 8.61. The molecule has 0 fully saturated rings. The molecule has 0 amide bonds. The summed E-state index contributed by atoms with van der Waals surface area (Å²) in [5.74, 6) is -0.225. The largest absolute Gasteiger partial charge is 0.399 e. The van der Waals surface area contributed by atoms with E-state index >= 15 is 0 Å². The van der Waals surface area contributed by atoms with Crippen molar-refractivity contribution in [1.82, 2.24) is 0 Å². The Morgan fingerprint density at radius 3 is 2.24 bits per heavy atom. The SMILES string of the molecule is CCCN(c1ccccc1)[C@H](c1ccc(F)cc1)c1cccc(N)c1. The monoisotopic (exact) mass is 334 g/mol. The average Bonchev–Trinajstić information content (AvgIpc) is 2.64. The van der Waals surface area contributed by atoms with E-state index in [0.29, 0.717) is 0 Å². The van der Waals surface area contributed by atoms with Gasteiger partial charge in [-0.15, -0.1) is 0 Å². The first kappa shape index (κ1) is 17.0. The normalized spacial score (nSPS) is 11.9. The zero-order chi connectivity index (χ0) is 17.6. The fraction of sp³-hybridized carbons (Fsp3) is 0.182. The molecule has 0 aliphatic carbocycles. The van der Waals surface area contributed by atoms with Crippen LogP contribution < -0.4 is 10.6 Å². The van der Waals surface area contributed by atoms with E-state index in [0.717, 1.165) is 35.5 Å². The first-order chi connectivity index (χ1) is 12.2. The number of anilines is 2. The lowest BCUT2D eigenvalue weighted by molar-refractivity contribution is 0.624. The lowest BCUT2D eigenvalue weighted by Crippen LogP contribution is -2.30. The van der Waals surface area contributed by atoms with E-state index in [1.807, 2.05) is 48.5 Å². The van der Waals surface area contributed by atoms with Crippen LogP contribution in [-0.4, -0.2) is 6.54 Å². The van der Waals surface area contributed by atoms with Crippen molar-refractivity contribution in [3.8, 4) is 0 Å². The second kappa shape index (κ2) is 7.84. The Bertz CT molecular complexity index is 800. The Morgan fingerprint density at radius 2 is 1.60 bits per heavy atom. The van der Waals surface area contributed by atoms with Gasteiger partial charge in [0.2, 0.25) is 0 Å². The fourth-order valence-electron chi connectivity index (χ4n) is 3.19. The molecule has 3 aromatic carbocycles. The highest BCUT2D eigenvalue weighted by molar-refractivity contribution is 5.54. The zero-order valence-corrected chi connectivity index (χ0v) is 14.4. The van der Waals surface area contributed by atoms with Crippen LogP contribution >= 0.6 is 0 Å². The van der Waals surface area contributed by atoms with E-state index in [2.05, 4.69) is 30.0 Å². The maximum absolute atomic E-state index is 13.5. The van der Waals surface area contributed by atoms with Gasteiger partial charge in [0.15, 0.2) is 0 Å². The quantitative estimate of drug-likeness (QED) is 0.610. The highest BCUT2D eigenvalue weighted by atomic mass is 19.1. The van der Waals surface area contributed by atoms with E-state index in [1.54, 1.807) is 0 Å². The smallest absolute Gasteiger partial charge is 0.123 e. The van der Waals surface area contributed by atoms with E-state index in [-0.39, 0.29) is 11.9 Å². The maximum atomic E-state index is 13.5. The van der Waals surface area contributed by atoms with Crippen molar-refractivity contribution in [3.05, 3.63) is 95.8 Å². The third kappa shape index (κ3) is 4.00. The molecule has 128 valence electrons. The number of nitrogen functional groups attached to an aromatic ring is 1. The molecular weight excluding hydrogens is 311 g/mol. The Morgan fingerprint density at radius 1 is 0.880 bits per heavy atom. The number of hydrogen-bond donors (Lipinski definition) is 1. The van der Waals surface area contributed by atoms with Crippen LogP contribution in [0.15, 0.2) is 78.9 Å². The number of nitrogens with zero attached hydrogens (tertiary/aromatic N) is 1. The van der Waals surface area contributed by atoms with Gasteiger partial charge in [-0.1, -0.05) is 49.4 Å². The van der Waals surface area contributed by atoms with Crippen LogP contribution in [0.4, 0.5) is 15.8 Å². The molecule has 0 radical (unpaired) electrons. The van der Waals surface area contributed by atoms with Crippen molar-refractivity contribution in [1.29, 1.82) is 0 Å². The van der Waals surface area contributed by atoms with Crippen molar-refractivity contribution in [2.45, 2.75) is 19.4 Å². The van der Waals surface area contributed by atoms with Gasteiger partial charge < -0.3 is 10.6 Å². The minimum absolute atomic E-state index is 0.0218. The maximum Gasteiger partial charge on any atom is 0.123 e. The molecule has 3 heteroatoms. The number of nitrogens with two attached hydrogens (primary N) is 1. The summed E-state index contributed by atoms with van der Waals surface area (Å²) in [6, 6.07) is 25.0. The van der Waals surface area contributed by atoms with Gasteiger partial charge in [0, 0.05) is 17.9 Å². The second-order valence-electron chi connectivity index (χ2n) is 6.15. The molecule has 0 aromatic heterocycles. The van der Waals surface area contributed by atoms with E-state index < -0.39 is 0 Å². The summed E-state index contributed by atoms with van der Waals surface area (Å²) in [6.45, 7) is 3.05. The van der Waals surface area contributed by atoms with Gasteiger partial charge in [-0.05, 0) is 53.9 Å². The zero-order valence-electron chi connectivity index (χ0n) is 14.4. The predicted molar refractivity (Wildman–Crippen MR) is 103 cm³/mol. The van der Waals surface area contributed by atoms with Crippen LogP contribution in [0.1, 0.15) is 30.5 Å². The Hall–Kier alpha value is -2.81. The summed E-state index contributed by atoms with van der Waals surface area (Å²) < 4.78 is 13.5. The van der Waals surface area contributed by atoms with Crippen LogP contribution in [0.3, 0.4) is 0 Å². The highest BCUT2D eigenvalue weighted by Gasteiger charge is 2.22. The minimum atomic E-state index is -0.225. The molecule has 2 nitrogen and oxygen atoms in total. The van der Waals surface area contributed by atoms with Crippen LogP contribution in [-0.2, 0) is 0 Å². The van der Waals surface area contributed by atoms with Gasteiger partial charge in [-0.25, -0.2) is 4.39 Å². The molecule has 0 unspecified atom stereocenters. The molecule has 0 heterocycles. The van der Waals surface area contributed by atoms with Crippen molar-refractivity contribution >= 4 is 11.4 Å². The number of halogens is 1. The Balaban J connectivity index is 2.12. The third-order valence-corrected chi connectivity index (χ3v) is 4.28. The van der Waals surface area contributed by atoms with Crippen molar-refractivity contribution in [2.75, 3.05) is 17.2 Å². The fourth-order valence-corrected chi connectivity index (χ4v) is 3.19. The highest BCUT2D eigenvalue weighted by Crippen LogP contribution is 2.34. The minimum Gasteiger partial charge on any atom is -0.399 e. The molecule has 0 aliphatic heterocycles. The van der Waals surface area contributed by atoms with E-state index in [1.165, 1.54) is 12.1 Å². The van der Waals surface area contributed by atoms with E-state index in [4.69, 9.17) is 5.73 Å². The number of para-hydroxylation sites is 1. The molecular formula is C22H23FN2. The summed E-state index contributed by atoms with van der Waals surface area (Å²) in [5.41, 5.74) is 10.0. The number of benzene rings is 3. The Labute approximate surface area is 148 Å². The topological polar surface area (TPSA) is 29.3 Å². The van der Waals surface area contributed by atoms with Gasteiger partial charge in [-0.2, -0.15) is 0 Å². The molecule has 3 aromatic rings. The molecule has 3 rings (SSSR count). The standard InChI is InChI=1S/C22H23FN2/c1-2-15-25(21-9-4-3-5-10-21)22(17-11-13-19(23)14-12-17)18-7-6-8-20(24)16-18/h3-14,16,22H,2,15,24H2,1H3/t22-/m1/s1. The van der Waals surface area contributed by atoms with Gasteiger partial charge in [0.1, 0.15) is 5.82 Å². The molecule has 0 bridgehead atoms. The molecule has 0 spiro atoms. The summed E-state index contributed by atoms with van der Waals surface area (Å²) >= 11 is 0. The van der Waals surface area contributed by atoms with Crippen molar-refractivity contribution in [2.24, 2.45) is 0 Å². The second-order valence-corrected chi connectivity index (χ2v) is 6.15. The molecule has 2 N–H and O–H groups in total. The van der Waals surface area contributed by atoms with Gasteiger partial charge in [0.05, 0.1) is 6.04 Å². The van der Waals surface area contributed by atoms with Gasteiger partial charge in [-0.3, -0.25) is 0 Å². The summed E-state index contributed by atoms with van der Waals surface area (Å²) in [5, 5.41) is 0. The lowest BCUT2D eigenvalue weighted by atomic mass is 9.95. The first-order valence-corrected chi connectivity index (χ1v) is 8.61. The molecule has 0 saturated carbocycles. The van der Waals surface area contributed by atoms with Crippen molar-refractivity contribution < 1.29 is 4.39 Å². The van der Waals surface area contributed by atoms with E-state index in [9.17, 15) is 4.39 Å². The average molecular weight is 334 g/mol. The molecule has 25 heavy (non-hydrogen) atoms. The lowest BCUT2D eigenvalue weighted by Gasteiger charge is -2.34. The number of hydrogen-bond acceptors (Lipinski definition) is 2. The molecule has 0 aliphatic rings. The van der Waals surface area contributed by atoms with Crippen LogP contribution in [0.25, 0.3) is 0 Å². The summed E-state index contributed by atoms with van der Waals surface area (Å²) in [6.07, 6.45) is 1.01. The van der Waals surface area contributed by atoms with Gasteiger partial charge in [0.25, 0.3) is 0 Å². The molecule has 1 atom stereocenters. The molecule has 0 saturated heterocycles. The van der Waals surface area contributed by atoms with Crippen molar-refractivity contribution in [3.63, 3.8) is 0 Å². The Kier molecular flexibility index (Phi) is 5.34. The summed E-state index contributed by atoms with van der Waals surface area (Å²) in [4.78, 5) is 2.35. The van der Waals surface area contributed by atoms with Crippen LogP contribution in [0, 0.1) is 5.82 Å². The third-order valence-electron chi connectivity index (χ3n) is 4.28. The van der Waals surface area contributed by atoms with Crippen LogP contribution in [0.2, 0.25) is 0 Å². The predicted octanol–water partition coefficient (Wildman–Crippen LogP) is 5.41. The van der Waals surface area contributed by atoms with Crippen LogP contribution in [0.5, 0.6) is 0 Å². The number of rotatable bonds is 6. The summed E-state index contributed by atoms with van der Waals surface area (Å²) in [7, 11) is 0. The van der Waals surface area contributed by atoms with Gasteiger partial charge >= 0.3 is 0 Å².